The molecule has 6 nitrogen and oxygen atoms in total. The molecule has 0 aliphatic heterocycles. The van der Waals surface area contributed by atoms with Gasteiger partial charge in [0.2, 0.25) is 0 Å². The standard InChI is InChI=1S/C6H6O3S.C3H7NO2/c7-10(8,9)6-4-2-1-3-5-6;1-2(4)3(5)6/h1-5H,(H,7,8,9);2H,4H2,1H3,(H,5,6). The minimum absolute atomic E-state index is 0.0741. The number of hydrogen-bond acceptors (Lipinski definition) is 4. The Labute approximate surface area is 93.5 Å². The Balaban J connectivity index is 0.000000325. The Morgan fingerprint density at radius 2 is 1.69 bits per heavy atom. The monoisotopic (exact) mass is 247 g/mol. The molecule has 1 aromatic carbocycles. The van der Waals surface area contributed by atoms with E-state index in [4.69, 9.17) is 15.4 Å². The van der Waals surface area contributed by atoms with Gasteiger partial charge in [0.1, 0.15) is 6.04 Å². The van der Waals surface area contributed by atoms with Crippen LogP contribution in [-0.2, 0) is 14.9 Å². The van der Waals surface area contributed by atoms with Gasteiger partial charge in [-0.2, -0.15) is 8.42 Å². The molecule has 90 valence electrons. The summed E-state index contributed by atoms with van der Waals surface area (Å²) in [4.78, 5) is 9.50. The van der Waals surface area contributed by atoms with Gasteiger partial charge in [0, 0.05) is 0 Å². The zero-order valence-corrected chi connectivity index (χ0v) is 9.39. The fraction of sp³-hybridized carbons (Fsp3) is 0.222. The van der Waals surface area contributed by atoms with Crippen molar-refractivity contribution in [3.8, 4) is 0 Å². The van der Waals surface area contributed by atoms with Crippen molar-refractivity contribution in [1.29, 1.82) is 0 Å². The van der Waals surface area contributed by atoms with Crippen molar-refractivity contribution in [2.24, 2.45) is 5.73 Å². The SMILES string of the molecule is CC(N)C(=O)O.O=S(=O)(O)c1ccccc1. The zero-order valence-electron chi connectivity index (χ0n) is 8.57. The van der Waals surface area contributed by atoms with E-state index in [0.717, 1.165) is 0 Å². The van der Waals surface area contributed by atoms with Crippen molar-refractivity contribution in [3.05, 3.63) is 30.3 Å². The highest BCUT2D eigenvalue weighted by Crippen LogP contribution is 2.05. The van der Waals surface area contributed by atoms with E-state index in [9.17, 15) is 13.2 Å². The van der Waals surface area contributed by atoms with Crippen LogP contribution in [0.2, 0.25) is 0 Å². The van der Waals surface area contributed by atoms with Crippen LogP contribution in [0.5, 0.6) is 0 Å². The summed E-state index contributed by atoms with van der Waals surface area (Å²) >= 11 is 0. The molecule has 1 unspecified atom stereocenters. The number of carboxylic acid groups (broad SMARTS) is 1. The van der Waals surface area contributed by atoms with Crippen molar-refractivity contribution < 1.29 is 22.9 Å². The molecule has 0 bridgehead atoms. The molecule has 0 saturated heterocycles. The molecule has 1 aromatic rings. The van der Waals surface area contributed by atoms with Gasteiger partial charge in [-0.15, -0.1) is 0 Å². The van der Waals surface area contributed by atoms with Crippen LogP contribution in [-0.4, -0.2) is 30.1 Å². The Hall–Kier alpha value is -1.44. The predicted octanol–water partition coefficient (Wildman–Crippen LogP) is 0.352. The third kappa shape index (κ3) is 6.12. The van der Waals surface area contributed by atoms with Crippen LogP contribution in [0.25, 0.3) is 0 Å². The van der Waals surface area contributed by atoms with Crippen molar-refractivity contribution >= 4 is 16.1 Å². The number of carboxylic acids is 1. The molecule has 0 amide bonds. The molecule has 0 aromatic heterocycles. The Kier molecular flexibility index (Phi) is 5.65. The summed E-state index contributed by atoms with van der Waals surface area (Å²) in [6.45, 7) is 1.42. The third-order valence-electron chi connectivity index (χ3n) is 1.43. The number of benzene rings is 1. The maximum atomic E-state index is 10.4. The van der Waals surface area contributed by atoms with Gasteiger partial charge in [0.05, 0.1) is 4.90 Å². The van der Waals surface area contributed by atoms with E-state index in [1.54, 1.807) is 18.2 Å². The molecular weight excluding hydrogens is 234 g/mol. The molecule has 0 saturated carbocycles. The summed E-state index contributed by atoms with van der Waals surface area (Å²) in [5, 5.41) is 7.87. The highest BCUT2D eigenvalue weighted by Gasteiger charge is 2.05. The van der Waals surface area contributed by atoms with E-state index in [-0.39, 0.29) is 4.90 Å². The lowest BCUT2D eigenvalue weighted by Gasteiger charge is -1.92. The summed E-state index contributed by atoms with van der Waals surface area (Å²) < 4.78 is 29.2. The fourth-order valence-corrected chi connectivity index (χ4v) is 1.09. The Morgan fingerprint density at radius 3 is 1.88 bits per heavy atom. The van der Waals surface area contributed by atoms with Crippen LogP contribution >= 0.6 is 0 Å². The smallest absolute Gasteiger partial charge is 0.320 e. The minimum atomic E-state index is -4.00. The third-order valence-corrected chi connectivity index (χ3v) is 2.30. The number of hydrogen-bond donors (Lipinski definition) is 3. The highest BCUT2D eigenvalue weighted by molar-refractivity contribution is 7.85. The second-order valence-corrected chi connectivity index (χ2v) is 4.34. The van der Waals surface area contributed by atoms with E-state index in [2.05, 4.69) is 0 Å². The molecule has 1 atom stereocenters. The van der Waals surface area contributed by atoms with Crippen LogP contribution in [0.4, 0.5) is 0 Å². The summed E-state index contributed by atoms with van der Waals surface area (Å²) in [7, 11) is -4.00. The van der Waals surface area contributed by atoms with Gasteiger partial charge in [0.15, 0.2) is 0 Å². The Morgan fingerprint density at radius 1 is 1.31 bits per heavy atom. The minimum Gasteiger partial charge on any atom is -0.480 e. The second kappa shape index (κ2) is 6.21. The first kappa shape index (κ1) is 14.6. The molecule has 16 heavy (non-hydrogen) atoms. The summed E-state index contributed by atoms with van der Waals surface area (Å²) in [5.74, 6) is -0.963. The largest absolute Gasteiger partial charge is 0.480 e. The van der Waals surface area contributed by atoms with Gasteiger partial charge < -0.3 is 10.8 Å². The molecule has 7 heteroatoms. The number of nitrogens with two attached hydrogens (primary N) is 1. The number of aliphatic carboxylic acids is 1. The maximum Gasteiger partial charge on any atom is 0.320 e. The zero-order chi connectivity index (χ0) is 12.8. The molecule has 4 N–H and O–H groups in total. The average molecular weight is 247 g/mol. The molecule has 0 fully saturated rings. The van der Waals surface area contributed by atoms with Crippen LogP contribution in [0, 0.1) is 0 Å². The van der Waals surface area contributed by atoms with Crippen LogP contribution < -0.4 is 5.73 Å². The molecule has 0 aliphatic carbocycles. The van der Waals surface area contributed by atoms with Gasteiger partial charge in [-0.1, -0.05) is 18.2 Å². The van der Waals surface area contributed by atoms with E-state index in [1.165, 1.54) is 19.1 Å². The van der Waals surface area contributed by atoms with E-state index in [1.807, 2.05) is 0 Å². The first-order chi connectivity index (χ1) is 7.25. The second-order valence-electron chi connectivity index (χ2n) is 2.92. The quantitative estimate of drug-likeness (QED) is 0.649. The summed E-state index contributed by atoms with van der Waals surface area (Å²) in [6, 6.07) is 6.69. The molecule has 0 aliphatic rings. The van der Waals surface area contributed by atoms with Gasteiger partial charge in [-0.25, -0.2) is 0 Å². The average Bonchev–Trinajstić information content (AvgIpc) is 2.18. The first-order valence-corrected chi connectivity index (χ1v) is 5.70. The first-order valence-electron chi connectivity index (χ1n) is 4.26. The topological polar surface area (TPSA) is 118 Å². The van der Waals surface area contributed by atoms with Crippen molar-refractivity contribution in [1.82, 2.24) is 0 Å². The molecule has 1 rings (SSSR count). The number of carbonyl (C=O) groups is 1. The summed E-state index contributed by atoms with van der Waals surface area (Å²) in [6.07, 6.45) is 0. The van der Waals surface area contributed by atoms with E-state index >= 15 is 0 Å². The van der Waals surface area contributed by atoms with Crippen molar-refractivity contribution in [3.63, 3.8) is 0 Å². The highest BCUT2D eigenvalue weighted by atomic mass is 32.2. The van der Waals surface area contributed by atoms with Gasteiger partial charge >= 0.3 is 5.97 Å². The van der Waals surface area contributed by atoms with E-state index in [0.29, 0.717) is 0 Å². The normalized spacial score (nSPS) is 12.2. The van der Waals surface area contributed by atoms with Crippen LogP contribution in [0.1, 0.15) is 6.92 Å². The molecule has 0 heterocycles. The number of rotatable bonds is 2. The predicted molar refractivity (Wildman–Crippen MR) is 57.5 cm³/mol. The van der Waals surface area contributed by atoms with Crippen LogP contribution in [0.15, 0.2) is 35.2 Å². The van der Waals surface area contributed by atoms with Crippen LogP contribution in [0.3, 0.4) is 0 Å². The lowest BCUT2D eigenvalue weighted by atomic mass is 10.4. The fourth-order valence-electron chi connectivity index (χ4n) is 0.592. The van der Waals surface area contributed by atoms with Gasteiger partial charge in [0.25, 0.3) is 10.1 Å². The van der Waals surface area contributed by atoms with E-state index < -0.39 is 22.1 Å². The maximum absolute atomic E-state index is 10.4. The Bertz CT molecular complexity index is 426. The molecular formula is C9H13NO5S. The van der Waals surface area contributed by atoms with Gasteiger partial charge in [-0.05, 0) is 19.1 Å². The summed E-state index contributed by atoms with van der Waals surface area (Å²) in [5.41, 5.74) is 4.84. The molecule has 0 radical (unpaired) electrons. The lowest BCUT2D eigenvalue weighted by Crippen LogP contribution is -2.25. The van der Waals surface area contributed by atoms with Crippen molar-refractivity contribution in [2.75, 3.05) is 0 Å². The lowest BCUT2D eigenvalue weighted by molar-refractivity contribution is -0.138. The van der Waals surface area contributed by atoms with Gasteiger partial charge in [-0.3, -0.25) is 9.35 Å². The van der Waals surface area contributed by atoms with Crippen molar-refractivity contribution in [2.45, 2.75) is 17.9 Å². The molecule has 0 spiro atoms.